The monoisotopic (exact) mass is 226 g/mol. The number of aromatic nitrogens is 3. The van der Waals surface area contributed by atoms with Gasteiger partial charge < -0.3 is 5.73 Å². The summed E-state index contributed by atoms with van der Waals surface area (Å²) in [6.07, 6.45) is 4.69. The molecule has 0 fully saturated rings. The molecule has 0 aromatic carbocycles. The van der Waals surface area contributed by atoms with Gasteiger partial charge in [0.1, 0.15) is 6.33 Å². The van der Waals surface area contributed by atoms with Crippen LogP contribution in [0.5, 0.6) is 0 Å². The maximum absolute atomic E-state index is 11.5. The molecule has 0 saturated heterocycles. The highest BCUT2D eigenvalue weighted by molar-refractivity contribution is 4.69. The van der Waals surface area contributed by atoms with E-state index in [-0.39, 0.29) is 11.1 Å². The smallest absolute Gasteiger partial charge is 0.330 e. The van der Waals surface area contributed by atoms with Gasteiger partial charge in [0.25, 0.3) is 0 Å². The topological polar surface area (TPSA) is 65.8 Å². The van der Waals surface area contributed by atoms with Gasteiger partial charge in [0.05, 0.1) is 0 Å². The number of rotatable bonds is 6. The first kappa shape index (κ1) is 13.0. The van der Waals surface area contributed by atoms with Gasteiger partial charge in [0.15, 0.2) is 0 Å². The van der Waals surface area contributed by atoms with Gasteiger partial charge in [-0.3, -0.25) is 4.57 Å². The van der Waals surface area contributed by atoms with E-state index in [0.29, 0.717) is 13.1 Å². The Kier molecular flexibility index (Phi) is 4.29. The highest BCUT2D eigenvalue weighted by atomic mass is 16.2. The molecule has 1 heterocycles. The Morgan fingerprint density at radius 1 is 1.44 bits per heavy atom. The van der Waals surface area contributed by atoms with Crippen LogP contribution in [0, 0.1) is 5.41 Å². The minimum Gasteiger partial charge on any atom is -0.330 e. The van der Waals surface area contributed by atoms with Gasteiger partial charge in [0.2, 0.25) is 0 Å². The fourth-order valence-electron chi connectivity index (χ4n) is 1.54. The van der Waals surface area contributed by atoms with Gasteiger partial charge in [-0.2, -0.15) is 5.10 Å². The summed E-state index contributed by atoms with van der Waals surface area (Å²) in [6, 6.07) is 0. The zero-order valence-electron chi connectivity index (χ0n) is 10.4. The molecule has 16 heavy (non-hydrogen) atoms. The summed E-state index contributed by atoms with van der Waals surface area (Å²) in [6.45, 7) is 5.73. The highest BCUT2D eigenvalue weighted by Crippen LogP contribution is 2.21. The Morgan fingerprint density at radius 2 is 2.12 bits per heavy atom. The minimum atomic E-state index is -0.0434. The molecular weight excluding hydrogens is 204 g/mol. The summed E-state index contributed by atoms with van der Waals surface area (Å²) >= 11 is 0. The summed E-state index contributed by atoms with van der Waals surface area (Å²) in [5.74, 6) is 0. The first-order valence-electron chi connectivity index (χ1n) is 5.75. The lowest BCUT2D eigenvalue weighted by atomic mass is 9.87. The van der Waals surface area contributed by atoms with Crippen molar-refractivity contribution >= 4 is 0 Å². The maximum atomic E-state index is 11.5. The van der Waals surface area contributed by atoms with Crippen LogP contribution in [0.15, 0.2) is 11.1 Å². The molecule has 0 unspecified atom stereocenters. The van der Waals surface area contributed by atoms with Crippen LogP contribution in [-0.2, 0) is 13.6 Å². The number of aryl methyl sites for hydroxylation is 2. The van der Waals surface area contributed by atoms with E-state index in [2.05, 4.69) is 18.9 Å². The molecule has 1 aromatic rings. The molecule has 0 aliphatic carbocycles. The second-order valence-electron chi connectivity index (χ2n) is 5.07. The average Bonchev–Trinajstić information content (AvgIpc) is 2.56. The zero-order valence-corrected chi connectivity index (χ0v) is 10.4. The lowest BCUT2D eigenvalue weighted by Gasteiger charge is -2.21. The van der Waals surface area contributed by atoms with Crippen LogP contribution in [-0.4, -0.2) is 20.9 Å². The van der Waals surface area contributed by atoms with E-state index in [0.717, 1.165) is 19.3 Å². The van der Waals surface area contributed by atoms with E-state index in [1.54, 1.807) is 13.4 Å². The van der Waals surface area contributed by atoms with Crippen molar-refractivity contribution in [2.75, 3.05) is 6.54 Å². The molecule has 2 N–H and O–H groups in total. The van der Waals surface area contributed by atoms with Crippen molar-refractivity contribution in [2.45, 2.75) is 39.7 Å². The summed E-state index contributed by atoms with van der Waals surface area (Å²) < 4.78 is 3.00. The van der Waals surface area contributed by atoms with Gasteiger partial charge in [-0.15, -0.1) is 0 Å². The van der Waals surface area contributed by atoms with Crippen LogP contribution in [0.4, 0.5) is 0 Å². The maximum Gasteiger partial charge on any atom is 0.345 e. The van der Waals surface area contributed by atoms with Gasteiger partial charge in [-0.25, -0.2) is 9.48 Å². The molecule has 92 valence electrons. The third kappa shape index (κ3) is 3.48. The van der Waals surface area contributed by atoms with E-state index in [9.17, 15) is 4.79 Å². The molecule has 0 aliphatic heterocycles. The zero-order chi connectivity index (χ0) is 12.2. The molecule has 0 bridgehead atoms. The molecule has 5 heteroatoms. The van der Waals surface area contributed by atoms with Gasteiger partial charge in [-0.1, -0.05) is 20.3 Å². The predicted molar refractivity (Wildman–Crippen MR) is 64.2 cm³/mol. The van der Waals surface area contributed by atoms with Crippen molar-refractivity contribution in [3.63, 3.8) is 0 Å². The molecule has 5 nitrogen and oxygen atoms in total. The van der Waals surface area contributed by atoms with Crippen LogP contribution >= 0.6 is 0 Å². The Labute approximate surface area is 96.3 Å². The summed E-state index contributed by atoms with van der Waals surface area (Å²) in [5.41, 5.74) is 5.82. The SMILES string of the molecule is Cn1cnn(CCCCC(C)(C)CN)c1=O. The van der Waals surface area contributed by atoms with E-state index in [1.165, 1.54) is 9.25 Å². The van der Waals surface area contributed by atoms with Crippen molar-refractivity contribution in [1.82, 2.24) is 14.3 Å². The molecular formula is C11H22N4O. The molecule has 0 atom stereocenters. The van der Waals surface area contributed by atoms with Crippen LogP contribution in [0.25, 0.3) is 0 Å². The number of nitrogens with two attached hydrogens (primary N) is 1. The third-order valence-electron chi connectivity index (χ3n) is 2.91. The van der Waals surface area contributed by atoms with Crippen molar-refractivity contribution in [2.24, 2.45) is 18.2 Å². The van der Waals surface area contributed by atoms with E-state index >= 15 is 0 Å². The van der Waals surface area contributed by atoms with Crippen LogP contribution < -0.4 is 11.4 Å². The molecule has 0 aliphatic rings. The molecule has 1 aromatic heterocycles. The van der Waals surface area contributed by atoms with Crippen molar-refractivity contribution in [1.29, 1.82) is 0 Å². The quantitative estimate of drug-likeness (QED) is 0.727. The third-order valence-corrected chi connectivity index (χ3v) is 2.91. The Morgan fingerprint density at radius 3 is 2.62 bits per heavy atom. The second kappa shape index (κ2) is 5.30. The van der Waals surface area contributed by atoms with Crippen molar-refractivity contribution < 1.29 is 0 Å². The van der Waals surface area contributed by atoms with Gasteiger partial charge in [0, 0.05) is 13.6 Å². The number of nitrogens with zero attached hydrogens (tertiary/aromatic N) is 3. The number of hydrogen-bond donors (Lipinski definition) is 1. The van der Waals surface area contributed by atoms with Crippen LogP contribution in [0.2, 0.25) is 0 Å². The average molecular weight is 226 g/mol. The molecule has 0 spiro atoms. The normalized spacial score (nSPS) is 12.0. The Balaban J connectivity index is 2.32. The minimum absolute atomic E-state index is 0.0434. The van der Waals surface area contributed by atoms with Gasteiger partial charge >= 0.3 is 5.69 Å². The largest absolute Gasteiger partial charge is 0.345 e. The van der Waals surface area contributed by atoms with Crippen LogP contribution in [0.3, 0.4) is 0 Å². The Bertz CT molecular complexity index is 378. The van der Waals surface area contributed by atoms with E-state index in [4.69, 9.17) is 5.73 Å². The van der Waals surface area contributed by atoms with Crippen molar-refractivity contribution in [3.05, 3.63) is 16.8 Å². The fourth-order valence-corrected chi connectivity index (χ4v) is 1.54. The van der Waals surface area contributed by atoms with Crippen LogP contribution in [0.1, 0.15) is 33.1 Å². The lowest BCUT2D eigenvalue weighted by molar-refractivity contribution is 0.326. The number of hydrogen-bond acceptors (Lipinski definition) is 3. The fraction of sp³-hybridized carbons (Fsp3) is 0.818. The van der Waals surface area contributed by atoms with E-state index in [1.807, 2.05) is 0 Å². The molecule has 1 rings (SSSR count). The second-order valence-corrected chi connectivity index (χ2v) is 5.07. The first-order valence-corrected chi connectivity index (χ1v) is 5.75. The highest BCUT2D eigenvalue weighted by Gasteiger charge is 2.14. The standard InChI is InChI=1S/C11H22N4O/c1-11(2,8-12)6-4-5-7-15-10(16)14(3)9-13-15/h9H,4-8,12H2,1-3H3. The summed E-state index contributed by atoms with van der Waals surface area (Å²) in [7, 11) is 1.71. The van der Waals surface area contributed by atoms with E-state index < -0.39 is 0 Å². The molecule has 0 amide bonds. The van der Waals surface area contributed by atoms with Crippen molar-refractivity contribution in [3.8, 4) is 0 Å². The lowest BCUT2D eigenvalue weighted by Crippen LogP contribution is -2.25. The van der Waals surface area contributed by atoms with Gasteiger partial charge in [-0.05, 0) is 24.8 Å². The molecule has 0 saturated carbocycles. The summed E-state index contributed by atoms with van der Waals surface area (Å²) in [5, 5.41) is 4.01. The Hall–Kier alpha value is -1.10. The number of unbranched alkanes of at least 4 members (excludes halogenated alkanes) is 1. The summed E-state index contributed by atoms with van der Waals surface area (Å²) in [4.78, 5) is 11.5. The first-order chi connectivity index (χ1) is 7.46. The molecule has 0 radical (unpaired) electrons. The predicted octanol–water partition coefficient (Wildman–Crippen LogP) is 0.737.